The summed E-state index contributed by atoms with van der Waals surface area (Å²) in [5.41, 5.74) is 3.92. The monoisotopic (exact) mass is 376 g/mol. The second kappa shape index (κ2) is 8.52. The normalized spacial score (nSPS) is 11.6. The second-order valence-electron chi connectivity index (χ2n) is 6.61. The molecular formula is C22H24N4O2. The zero-order valence-corrected chi connectivity index (χ0v) is 16.5. The summed E-state index contributed by atoms with van der Waals surface area (Å²) in [6.45, 7) is 5.77. The molecule has 6 nitrogen and oxygen atoms in total. The van der Waals surface area contributed by atoms with Gasteiger partial charge in [-0.15, -0.1) is 0 Å². The number of nitrogens with one attached hydrogen (secondary N) is 2. The average Bonchev–Trinajstić information content (AvgIpc) is 2.67. The van der Waals surface area contributed by atoms with E-state index in [0.717, 1.165) is 22.7 Å². The number of benzene rings is 2. The summed E-state index contributed by atoms with van der Waals surface area (Å²) in [6, 6.07) is 16.7. The first kappa shape index (κ1) is 19.4. The molecule has 0 aliphatic carbocycles. The van der Waals surface area contributed by atoms with Crippen LogP contribution in [-0.2, 0) is 0 Å². The number of aryl methyl sites for hydroxylation is 2. The maximum absolute atomic E-state index is 12.9. The molecule has 1 aromatic heterocycles. The van der Waals surface area contributed by atoms with Gasteiger partial charge in [-0.1, -0.05) is 24.3 Å². The van der Waals surface area contributed by atoms with E-state index in [0.29, 0.717) is 17.2 Å². The van der Waals surface area contributed by atoms with Crippen molar-refractivity contribution in [2.24, 2.45) is 0 Å². The molecule has 3 aromatic rings. The van der Waals surface area contributed by atoms with Crippen molar-refractivity contribution in [2.45, 2.75) is 26.8 Å². The molecule has 2 N–H and O–H groups in total. The zero-order valence-electron chi connectivity index (χ0n) is 16.5. The molecular weight excluding hydrogens is 352 g/mol. The molecule has 1 atom stereocenters. The zero-order chi connectivity index (χ0) is 20.1. The highest BCUT2D eigenvalue weighted by Crippen LogP contribution is 2.22. The maximum Gasteiger partial charge on any atom is 0.253 e. The summed E-state index contributed by atoms with van der Waals surface area (Å²) in [5, 5.41) is 6.20. The summed E-state index contributed by atoms with van der Waals surface area (Å²) in [4.78, 5) is 21.7. The smallest absolute Gasteiger partial charge is 0.253 e. The standard InChI is InChI=1S/C22H24N4O2/c1-14-13-15(2)24-22(23-14)26-20-8-6-5-7-19(20)21(27)25-16(3)17-9-11-18(28-4)12-10-17/h5-13,16H,1-4H3,(H,25,27)(H,23,24,26)/t16-/m1/s1. The molecule has 3 rings (SSSR count). The minimum Gasteiger partial charge on any atom is -0.497 e. The molecule has 6 heteroatoms. The average molecular weight is 376 g/mol. The fourth-order valence-corrected chi connectivity index (χ4v) is 2.94. The summed E-state index contributed by atoms with van der Waals surface area (Å²) in [5.74, 6) is 1.09. The molecule has 0 spiro atoms. The minimum atomic E-state index is -0.171. The van der Waals surface area contributed by atoms with Gasteiger partial charge in [0.2, 0.25) is 5.95 Å². The first-order chi connectivity index (χ1) is 13.5. The number of nitrogens with zero attached hydrogens (tertiary/aromatic N) is 2. The maximum atomic E-state index is 12.9. The fraction of sp³-hybridized carbons (Fsp3) is 0.227. The van der Waals surface area contributed by atoms with E-state index in [2.05, 4.69) is 20.6 Å². The van der Waals surface area contributed by atoms with Crippen LogP contribution in [0.2, 0.25) is 0 Å². The lowest BCUT2D eigenvalue weighted by Gasteiger charge is -2.17. The highest BCUT2D eigenvalue weighted by atomic mass is 16.5. The van der Waals surface area contributed by atoms with E-state index in [9.17, 15) is 4.79 Å². The van der Waals surface area contributed by atoms with E-state index in [4.69, 9.17) is 4.74 Å². The van der Waals surface area contributed by atoms with Crippen LogP contribution in [0.4, 0.5) is 11.6 Å². The Balaban J connectivity index is 1.78. The predicted molar refractivity (Wildman–Crippen MR) is 110 cm³/mol. The molecule has 0 saturated carbocycles. The van der Waals surface area contributed by atoms with Gasteiger partial charge in [0.1, 0.15) is 5.75 Å². The third kappa shape index (κ3) is 4.65. The number of hydrogen-bond acceptors (Lipinski definition) is 5. The fourth-order valence-electron chi connectivity index (χ4n) is 2.94. The molecule has 1 heterocycles. The highest BCUT2D eigenvalue weighted by molar-refractivity contribution is 6.00. The van der Waals surface area contributed by atoms with Crippen LogP contribution in [0.25, 0.3) is 0 Å². The number of carbonyl (C=O) groups is 1. The number of ether oxygens (including phenoxy) is 1. The third-order valence-electron chi connectivity index (χ3n) is 4.36. The number of carbonyl (C=O) groups excluding carboxylic acids is 1. The molecule has 0 radical (unpaired) electrons. The number of aromatic nitrogens is 2. The van der Waals surface area contributed by atoms with Crippen molar-refractivity contribution >= 4 is 17.5 Å². The van der Waals surface area contributed by atoms with Crippen molar-refractivity contribution in [3.05, 3.63) is 77.1 Å². The predicted octanol–water partition coefficient (Wildman–Crippen LogP) is 4.34. The van der Waals surface area contributed by atoms with Crippen molar-refractivity contribution in [1.29, 1.82) is 0 Å². The molecule has 28 heavy (non-hydrogen) atoms. The van der Waals surface area contributed by atoms with E-state index in [1.165, 1.54) is 0 Å². The Morgan fingerprint density at radius 3 is 2.29 bits per heavy atom. The van der Waals surface area contributed by atoms with Gasteiger partial charge >= 0.3 is 0 Å². The summed E-state index contributed by atoms with van der Waals surface area (Å²) in [6.07, 6.45) is 0. The number of hydrogen-bond donors (Lipinski definition) is 2. The molecule has 2 aromatic carbocycles. The number of amides is 1. The highest BCUT2D eigenvalue weighted by Gasteiger charge is 2.15. The minimum absolute atomic E-state index is 0.149. The molecule has 0 bridgehead atoms. The Morgan fingerprint density at radius 1 is 1.00 bits per heavy atom. The van der Waals surface area contributed by atoms with Crippen molar-refractivity contribution in [1.82, 2.24) is 15.3 Å². The van der Waals surface area contributed by atoms with Crippen LogP contribution in [0.3, 0.4) is 0 Å². The van der Waals surface area contributed by atoms with Crippen LogP contribution < -0.4 is 15.4 Å². The Bertz CT molecular complexity index is 950. The Hall–Kier alpha value is -3.41. The van der Waals surface area contributed by atoms with Crippen LogP contribution in [-0.4, -0.2) is 23.0 Å². The van der Waals surface area contributed by atoms with Gasteiger partial charge < -0.3 is 15.4 Å². The van der Waals surface area contributed by atoms with E-state index < -0.39 is 0 Å². The summed E-state index contributed by atoms with van der Waals surface area (Å²) >= 11 is 0. The molecule has 0 fully saturated rings. The van der Waals surface area contributed by atoms with Gasteiger partial charge in [-0.3, -0.25) is 4.79 Å². The number of rotatable bonds is 6. The van der Waals surface area contributed by atoms with Crippen LogP contribution in [0.15, 0.2) is 54.6 Å². The first-order valence-electron chi connectivity index (χ1n) is 9.09. The topological polar surface area (TPSA) is 76.1 Å². The molecule has 0 aliphatic rings. The van der Waals surface area contributed by atoms with E-state index in [-0.39, 0.29) is 11.9 Å². The van der Waals surface area contributed by atoms with Gasteiger partial charge in [0.05, 0.1) is 24.4 Å². The van der Waals surface area contributed by atoms with Crippen molar-refractivity contribution < 1.29 is 9.53 Å². The lowest BCUT2D eigenvalue weighted by atomic mass is 10.1. The van der Waals surface area contributed by atoms with Crippen LogP contribution in [0, 0.1) is 13.8 Å². The molecule has 0 aliphatic heterocycles. The molecule has 0 saturated heterocycles. The van der Waals surface area contributed by atoms with E-state index in [1.807, 2.05) is 69.3 Å². The molecule has 1 amide bonds. The van der Waals surface area contributed by atoms with Gasteiger partial charge in [0.25, 0.3) is 5.91 Å². The van der Waals surface area contributed by atoms with Crippen LogP contribution in [0.1, 0.15) is 40.3 Å². The van der Waals surface area contributed by atoms with Gasteiger partial charge in [-0.05, 0) is 56.7 Å². The van der Waals surface area contributed by atoms with Crippen molar-refractivity contribution in [3.8, 4) is 5.75 Å². The van der Waals surface area contributed by atoms with Gasteiger partial charge in [0, 0.05) is 11.4 Å². The SMILES string of the molecule is COc1ccc([C@@H](C)NC(=O)c2ccccc2Nc2nc(C)cc(C)n2)cc1. The van der Waals surface area contributed by atoms with Gasteiger partial charge in [-0.2, -0.15) is 0 Å². The first-order valence-corrected chi connectivity index (χ1v) is 9.09. The van der Waals surface area contributed by atoms with Gasteiger partial charge in [0.15, 0.2) is 0 Å². The quantitative estimate of drug-likeness (QED) is 0.669. The van der Waals surface area contributed by atoms with Crippen LogP contribution in [0.5, 0.6) is 5.75 Å². The van der Waals surface area contributed by atoms with E-state index in [1.54, 1.807) is 13.2 Å². The van der Waals surface area contributed by atoms with Crippen molar-refractivity contribution in [3.63, 3.8) is 0 Å². The van der Waals surface area contributed by atoms with Gasteiger partial charge in [-0.25, -0.2) is 9.97 Å². The molecule has 144 valence electrons. The number of para-hydroxylation sites is 1. The molecule has 0 unspecified atom stereocenters. The van der Waals surface area contributed by atoms with Crippen molar-refractivity contribution in [2.75, 3.05) is 12.4 Å². The lowest BCUT2D eigenvalue weighted by Crippen LogP contribution is -2.27. The Morgan fingerprint density at radius 2 is 1.64 bits per heavy atom. The number of anilines is 2. The Labute approximate surface area is 165 Å². The van der Waals surface area contributed by atoms with Crippen LogP contribution >= 0.6 is 0 Å². The lowest BCUT2D eigenvalue weighted by molar-refractivity contribution is 0.0940. The number of methoxy groups -OCH3 is 1. The van der Waals surface area contributed by atoms with E-state index >= 15 is 0 Å². The second-order valence-corrected chi connectivity index (χ2v) is 6.61. The third-order valence-corrected chi connectivity index (χ3v) is 4.36. The largest absolute Gasteiger partial charge is 0.497 e. The summed E-state index contributed by atoms with van der Waals surface area (Å²) < 4.78 is 5.18. The Kier molecular flexibility index (Phi) is 5.89. The summed E-state index contributed by atoms with van der Waals surface area (Å²) in [7, 11) is 1.63.